The van der Waals surface area contributed by atoms with E-state index in [0.717, 1.165) is 30.2 Å². The molecule has 0 atom stereocenters. The Kier molecular flexibility index (Phi) is 10.4. The molecule has 2 aromatic carbocycles. The van der Waals surface area contributed by atoms with Crippen molar-refractivity contribution in [1.29, 1.82) is 0 Å². The van der Waals surface area contributed by atoms with Gasteiger partial charge in [-0.25, -0.2) is 0 Å². The van der Waals surface area contributed by atoms with Crippen LogP contribution in [0.3, 0.4) is 0 Å². The van der Waals surface area contributed by atoms with E-state index in [1.165, 1.54) is 24.8 Å². The third-order valence-corrected chi connectivity index (χ3v) is 4.22. The normalized spacial score (nSPS) is 10.2. The number of rotatable bonds is 10. The lowest BCUT2D eigenvalue weighted by Gasteiger charge is -2.13. The lowest BCUT2D eigenvalue weighted by atomic mass is 10.2. The summed E-state index contributed by atoms with van der Waals surface area (Å²) in [6, 6.07) is 13.7. The van der Waals surface area contributed by atoms with Gasteiger partial charge in [0.25, 0.3) is 0 Å². The minimum Gasteiger partial charge on any atom is -0.493 e. The van der Waals surface area contributed by atoms with Crippen LogP contribution >= 0.6 is 24.0 Å². The Morgan fingerprint density at radius 1 is 1.04 bits per heavy atom. The first-order valence-corrected chi connectivity index (χ1v) is 8.86. The van der Waals surface area contributed by atoms with Crippen LogP contribution < -0.4 is 14.8 Å². The van der Waals surface area contributed by atoms with Crippen LogP contribution in [0.25, 0.3) is 0 Å². The third kappa shape index (κ3) is 7.15. The van der Waals surface area contributed by atoms with Gasteiger partial charge in [0.15, 0.2) is 11.5 Å². The van der Waals surface area contributed by atoms with E-state index in [2.05, 4.69) is 18.3 Å². The van der Waals surface area contributed by atoms with Gasteiger partial charge in [0.2, 0.25) is 0 Å². The van der Waals surface area contributed by atoms with Crippen molar-refractivity contribution in [3.63, 3.8) is 0 Å². The molecule has 0 fully saturated rings. The highest BCUT2D eigenvalue weighted by Crippen LogP contribution is 2.29. The third-order valence-electron chi connectivity index (χ3n) is 3.86. The molecule has 0 aliphatic carbocycles. The summed E-state index contributed by atoms with van der Waals surface area (Å²) in [4.78, 5) is 0. The predicted molar refractivity (Wildman–Crippen MR) is 107 cm³/mol. The van der Waals surface area contributed by atoms with E-state index in [9.17, 15) is 0 Å². The van der Waals surface area contributed by atoms with Crippen molar-refractivity contribution in [3.05, 3.63) is 58.6 Å². The Hall–Kier alpha value is -1.42. The van der Waals surface area contributed by atoms with Crippen molar-refractivity contribution < 1.29 is 9.47 Å². The molecule has 0 saturated carbocycles. The highest BCUT2D eigenvalue weighted by molar-refractivity contribution is 6.31. The second-order valence-corrected chi connectivity index (χ2v) is 6.16. The van der Waals surface area contributed by atoms with Crippen molar-refractivity contribution in [2.75, 3.05) is 13.7 Å². The first-order chi connectivity index (χ1) is 11.7. The molecule has 5 heteroatoms. The molecule has 3 nitrogen and oxygen atoms in total. The quantitative estimate of drug-likeness (QED) is 0.539. The van der Waals surface area contributed by atoms with E-state index in [0.29, 0.717) is 11.6 Å². The number of methoxy groups -OCH3 is 1. The van der Waals surface area contributed by atoms with Crippen LogP contribution in [0.5, 0.6) is 11.5 Å². The number of hydrogen-bond donors (Lipinski definition) is 1. The first kappa shape index (κ1) is 21.6. The SMILES string of the molecule is CCCCCNCc1ccc(OCc2ccccc2Cl)c(OC)c1.Cl. The molecule has 0 aromatic heterocycles. The van der Waals surface area contributed by atoms with Gasteiger partial charge in [-0.1, -0.05) is 55.6 Å². The van der Waals surface area contributed by atoms with E-state index in [-0.39, 0.29) is 12.4 Å². The second kappa shape index (κ2) is 12.0. The zero-order valence-corrected chi connectivity index (χ0v) is 16.5. The highest BCUT2D eigenvalue weighted by atomic mass is 35.5. The zero-order valence-electron chi connectivity index (χ0n) is 14.9. The topological polar surface area (TPSA) is 30.5 Å². The van der Waals surface area contributed by atoms with E-state index in [1.807, 2.05) is 36.4 Å². The Balaban J connectivity index is 0.00000312. The number of unbranched alkanes of at least 4 members (excludes halogenated alkanes) is 2. The molecule has 0 aliphatic rings. The lowest BCUT2D eigenvalue weighted by molar-refractivity contribution is 0.284. The minimum absolute atomic E-state index is 0. The fourth-order valence-electron chi connectivity index (χ4n) is 2.44. The number of nitrogens with one attached hydrogen (secondary N) is 1. The number of hydrogen-bond acceptors (Lipinski definition) is 3. The summed E-state index contributed by atoms with van der Waals surface area (Å²) in [5.74, 6) is 1.47. The van der Waals surface area contributed by atoms with Crippen molar-refractivity contribution in [3.8, 4) is 11.5 Å². The summed E-state index contributed by atoms with van der Waals surface area (Å²) in [5.41, 5.74) is 2.15. The molecule has 1 N–H and O–H groups in total. The summed E-state index contributed by atoms with van der Waals surface area (Å²) in [6.45, 7) is 4.52. The summed E-state index contributed by atoms with van der Waals surface area (Å²) in [5, 5.41) is 4.17. The lowest BCUT2D eigenvalue weighted by Crippen LogP contribution is -2.14. The standard InChI is InChI=1S/C20H26ClNO2.ClH/c1-3-4-7-12-22-14-16-10-11-19(20(13-16)23-2)24-15-17-8-5-6-9-18(17)21;/h5-6,8-11,13,22H,3-4,7,12,14-15H2,1-2H3;1H. The fourth-order valence-corrected chi connectivity index (χ4v) is 2.64. The molecule has 0 aliphatic heterocycles. The predicted octanol–water partition coefficient (Wildman–Crippen LogP) is 5.63. The Labute approximate surface area is 162 Å². The summed E-state index contributed by atoms with van der Waals surface area (Å²) < 4.78 is 11.3. The van der Waals surface area contributed by atoms with Crippen molar-refractivity contribution >= 4 is 24.0 Å². The molecule has 138 valence electrons. The molecule has 0 heterocycles. The molecule has 0 saturated heterocycles. The average Bonchev–Trinajstić information content (AvgIpc) is 2.61. The van der Waals surface area contributed by atoms with Crippen molar-refractivity contribution in [2.24, 2.45) is 0 Å². The van der Waals surface area contributed by atoms with Gasteiger partial charge in [0.05, 0.1) is 7.11 Å². The van der Waals surface area contributed by atoms with Crippen LogP contribution in [-0.2, 0) is 13.2 Å². The maximum absolute atomic E-state index is 6.16. The molecule has 0 radical (unpaired) electrons. The van der Waals surface area contributed by atoms with Crippen molar-refractivity contribution in [1.82, 2.24) is 5.32 Å². The van der Waals surface area contributed by atoms with Gasteiger partial charge in [-0.15, -0.1) is 12.4 Å². The van der Waals surface area contributed by atoms with E-state index < -0.39 is 0 Å². The van der Waals surface area contributed by atoms with Crippen LogP contribution in [0.1, 0.15) is 37.3 Å². The highest BCUT2D eigenvalue weighted by Gasteiger charge is 2.07. The number of ether oxygens (including phenoxy) is 2. The maximum atomic E-state index is 6.16. The van der Waals surface area contributed by atoms with E-state index in [4.69, 9.17) is 21.1 Å². The summed E-state index contributed by atoms with van der Waals surface area (Å²) >= 11 is 6.16. The van der Waals surface area contributed by atoms with Crippen LogP contribution in [0.2, 0.25) is 5.02 Å². The van der Waals surface area contributed by atoms with Gasteiger partial charge in [-0.3, -0.25) is 0 Å². The molecule has 0 unspecified atom stereocenters. The first-order valence-electron chi connectivity index (χ1n) is 8.48. The average molecular weight is 384 g/mol. The molecule has 0 amide bonds. The van der Waals surface area contributed by atoms with E-state index in [1.54, 1.807) is 7.11 Å². The van der Waals surface area contributed by atoms with Crippen LogP contribution in [-0.4, -0.2) is 13.7 Å². The molecular formula is C20H27Cl2NO2. The molecule has 2 rings (SSSR count). The Bertz CT molecular complexity index is 635. The maximum Gasteiger partial charge on any atom is 0.161 e. The largest absolute Gasteiger partial charge is 0.493 e. The van der Waals surface area contributed by atoms with Gasteiger partial charge in [0, 0.05) is 17.1 Å². The van der Waals surface area contributed by atoms with Gasteiger partial charge in [-0.2, -0.15) is 0 Å². The number of benzene rings is 2. The van der Waals surface area contributed by atoms with Crippen LogP contribution in [0.4, 0.5) is 0 Å². The number of halogens is 2. The summed E-state index contributed by atoms with van der Waals surface area (Å²) in [7, 11) is 1.66. The van der Waals surface area contributed by atoms with Crippen LogP contribution in [0, 0.1) is 0 Å². The zero-order chi connectivity index (χ0) is 17.2. The molecule has 0 bridgehead atoms. The van der Waals surface area contributed by atoms with Gasteiger partial charge in [-0.05, 0) is 36.7 Å². The fraction of sp³-hybridized carbons (Fsp3) is 0.400. The Morgan fingerprint density at radius 3 is 2.56 bits per heavy atom. The minimum atomic E-state index is 0. The Morgan fingerprint density at radius 2 is 1.84 bits per heavy atom. The van der Waals surface area contributed by atoms with E-state index >= 15 is 0 Å². The molecular weight excluding hydrogens is 357 g/mol. The van der Waals surface area contributed by atoms with Crippen molar-refractivity contribution in [2.45, 2.75) is 39.3 Å². The summed E-state index contributed by atoms with van der Waals surface area (Å²) in [6.07, 6.45) is 3.73. The molecule has 2 aromatic rings. The monoisotopic (exact) mass is 383 g/mol. The van der Waals surface area contributed by atoms with Gasteiger partial charge < -0.3 is 14.8 Å². The molecule has 0 spiro atoms. The second-order valence-electron chi connectivity index (χ2n) is 5.75. The molecule has 25 heavy (non-hydrogen) atoms. The van der Waals surface area contributed by atoms with Gasteiger partial charge >= 0.3 is 0 Å². The smallest absolute Gasteiger partial charge is 0.161 e. The van der Waals surface area contributed by atoms with Gasteiger partial charge in [0.1, 0.15) is 6.61 Å². The van der Waals surface area contributed by atoms with Crippen LogP contribution in [0.15, 0.2) is 42.5 Å².